The molecular weight excluding hydrogens is 236 g/mol. The molecule has 0 fully saturated rings. The van der Waals surface area contributed by atoms with Crippen molar-refractivity contribution in [2.24, 2.45) is 0 Å². The van der Waals surface area contributed by atoms with Crippen molar-refractivity contribution < 1.29 is 0 Å². The monoisotopic (exact) mass is 250 g/mol. The summed E-state index contributed by atoms with van der Waals surface area (Å²) in [6.07, 6.45) is 0.709. The lowest BCUT2D eigenvalue weighted by Crippen LogP contribution is -2.13. The van der Waals surface area contributed by atoms with Gasteiger partial charge in [0.05, 0.1) is 6.54 Å². The molecule has 90 valence electrons. The maximum atomic E-state index is 11.3. The highest BCUT2D eigenvalue weighted by atomic mass is 32.1. The minimum absolute atomic E-state index is 0.130. The number of hydrogen-bond donors (Lipinski definition) is 2. The second-order valence-corrected chi connectivity index (χ2v) is 4.61. The molecule has 0 atom stereocenters. The first-order valence-corrected chi connectivity index (χ1v) is 6.30. The number of aromatic nitrogens is 3. The molecule has 5 nitrogen and oxygen atoms in total. The van der Waals surface area contributed by atoms with Gasteiger partial charge in [0.1, 0.15) is 16.6 Å². The van der Waals surface area contributed by atoms with E-state index in [-0.39, 0.29) is 5.56 Å². The summed E-state index contributed by atoms with van der Waals surface area (Å²) in [6.45, 7) is 4.50. The zero-order valence-corrected chi connectivity index (χ0v) is 10.6. The Morgan fingerprint density at radius 2 is 2.29 bits per heavy atom. The minimum atomic E-state index is -0.130. The fraction of sp³-hybridized carbons (Fsp3) is 0.364. The van der Waals surface area contributed by atoms with Crippen molar-refractivity contribution in [3.63, 3.8) is 0 Å². The third-order valence-electron chi connectivity index (χ3n) is 2.21. The van der Waals surface area contributed by atoms with Gasteiger partial charge in [-0.15, -0.1) is 11.3 Å². The highest BCUT2D eigenvalue weighted by Gasteiger charge is 2.02. The molecule has 0 saturated heterocycles. The number of thiazole rings is 1. The first kappa shape index (κ1) is 11.8. The molecule has 0 aliphatic heterocycles. The van der Waals surface area contributed by atoms with Gasteiger partial charge in [-0.1, -0.05) is 6.92 Å². The van der Waals surface area contributed by atoms with Crippen molar-refractivity contribution in [2.75, 3.05) is 5.32 Å². The van der Waals surface area contributed by atoms with E-state index in [0.29, 0.717) is 24.6 Å². The molecular formula is C11H14N4OS. The van der Waals surface area contributed by atoms with E-state index in [4.69, 9.17) is 0 Å². The number of aryl methyl sites for hydroxylation is 2. The Morgan fingerprint density at radius 1 is 1.47 bits per heavy atom. The number of anilines is 1. The number of nitrogens with zero attached hydrogens (tertiary/aromatic N) is 2. The average molecular weight is 250 g/mol. The van der Waals surface area contributed by atoms with Crippen LogP contribution >= 0.6 is 11.3 Å². The van der Waals surface area contributed by atoms with E-state index in [0.717, 1.165) is 10.7 Å². The molecule has 0 aliphatic carbocycles. The zero-order valence-electron chi connectivity index (χ0n) is 9.78. The normalized spacial score (nSPS) is 10.5. The smallest absolute Gasteiger partial charge is 0.252 e. The van der Waals surface area contributed by atoms with Crippen LogP contribution in [0.2, 0.25) is 0 Å². The molecule has 2 heterocycles. The van der Waals surface area contributed by atoms with Gasteiger partial charge < -0.3 is 10.3 Å². The van der Waals surface area contributed by atoms with Gasteiger partial charge in [-0.3, -0.25) is 4.79 Å². The number of aromatic amines is 1. The standard InChI is InChI=1S/C11H14N4OS/c1-3-8-14-9(4-10(16)15-8)12-5-11-13-7(2)6-17-11/h4,6H,3,5H2,1-2H3,(H2,12,14,15,16). The van der Waals surface area contributed by atoms with Crippen molar-refractivity contribution in [2.45, 2.75) is 26.8 Å². The second-order valence-electron chi connectivity index (χ2n) is 3.67. The van der Waals surface area contributed by atoms with Crippen molar-refractivity contribution >= 4 is 17.2 Å². The maximum absolute atomic E-state index is 11.3. The summed E-state index contributed by atoms with van der Waals surface area (Å²) in [7, 11) is 0. The molecule has 0 bridgehead atoms. The van der Waals surface area contributed by atoms with Gasteiger partial charge >= 0.3 is 0 Å². The summed E-state index contributed by atoms with van der Waals surface area (Å²) in [6, 6.07) is 1.46. The lowest BCUT2D eigenvalue weighted by Gasteiger charge is -2.04. The van der Waals surface area contributed by atoms with E-state index < -0.39 is 0 Å². The Kier molecular flexibility index (Phi) is 3.53. The molecule has 0 radical (unpaired) electrons. The van der Waals surface area contributed by atoms with Gasteiger partial charge in [0.2, 0.25) is 0 Å². The predicted octanol–water partition coefficient (Wildman–Crippen LogP) is 1.71. The molecule has 0 aromatic carbocycles. The Hall–Kier alpha value is -1.69. The van der Waals surface area contributed by atoms with Crippen LogP contribution in [0.15, 0.2) is 16.2 Å². The summed E-state index contributed by atoms with van der Waals surface area (Å²) in [4.78, 5) is 22.6. The third kappa shape index (κ3) is 3.13. The topological polar surface area (TPSA) is 70.7 Å². The van der Waals surface area contributed by atoms with Gasteiger partial charge in [-0.2, -0.15) is 0 Å². The van der Waals surface area contributed by atoms with Crippen LogP contribution in [-0.2, 0) is 13.0 Å². The molecule has 2 N–H and O–H groups in total. The molecule has 2 aromatic heterocycles. The largest absolute Gasteiger partial charge is 0.363 e. The Balaban J connectivity index is 2.08. The SMILES string of the molecule is CCc1nc(NCc2nc(C)cs2)cc(=O)[nH]1. The molecule has 6 heteroatoms. The Morgan fingerprint density at radius 3 is 2.94 bits per heavy atom. The minimum Gasteiger partial charge on any atom is -0.363 e. The summed E-state index contributed by atoms with van der Waals surface area (Å²) in [5.74, 6) is 1.29. The summed E-state index contributed by atoms with van der Waals surface area (Å²) >= 11 is 1.60. The molecule has 2 rings (SSSR count). The number of H-pyrrole nitrogens is 1. The molecule has 0 spiro atoms. The highest BCUT2D eigenvalue weighted by molar-refractivity contribution is 7.09. The van der Waals surface area contributed by atoms with Crippen molar-refractivity contribution in [3.8, 4) is 0 Å². The lowest BCUT2D eigenvalue weighted by atomic mass is 10.4. The molecule has 0 unspecified atom stereocenters. The van der Waals surface area contributed by atoms with Crippen LogP contribution < -0.4 is 10.9 Å². The van der Waals surface area contributed by atoms with Crippen LogP contribution in [0, 0.1) is 6.92 Å². The van der Waals surface area contributed by atoms with Crippen molar-refractivity contribution in [1.29, 1.82) is 0 Å². The van der Waals surface area contributed by atoms with E-state index in [1.807, 2.05) is 19.2 Å². The summed E-state index contributed by atoms with van der Waals surface area (Å²) in [5, 5.41) is 6.09. The van der Waals surface area contributed by atoms with Gasteiger partial charge in [0.25, 0.3) is 5.56 Å². The highest BCUT2D eigenvalue weighted by Crippen LogP contribution is 2.10. The number of rotatable bonds is 4. The molecule has 2 aromatic rings. The fourth-order valence-electron chi connectivity index (χ4n) is 1.42. The van der Waals surface area contributed by atoms with Crippen LogP contribution in [0.4, 0.5) is 5.82 Å². The van der Waals surface area contributed by atoms with Crippen LogP contribution in [0.1, 0.15) is 23.4 Å². The van der Waals surface area contributed by atoms with E-state index in [1.165, 1.54) is 6.07 Å². The zero-order chi connectivity index (χ0) is 12.3. The van der Waals surface area contributed by atoms with E-state index in [1.54, 1.807) is 11.3 Å². The first-order chi connectivity index (χ1) is 8.17. The van der Waals surface area contributed by atoms with Crippen LogP contribution in [0.25, 0.3) is 0 Å². The molecule has 0 saturated carbocycles. The van der Waals surface area contributed by atoms with Gasteiger partial charge in [-0.25, -0.2) is 9.97 Å². The average Bonchev–Trinajstić information content (AvgIpc) is 2.72. The van der Waals surface area contributed by atoms with Gasteiger partial charge in [0.15, 0.2) is 0 Å². The van der Waals surface area contributed by atoms with E-state index in [2.05, 4.69) is 20.3 Å². The van der Waals surface area contributed by atoms with E-state index >= 15 is 0 Å². The predicted molar refractivity (Wildman–Crippen MR) is 68.4 cm³/mol. The van der Waals surface area contributed by atoms with Gasteiger partial charge in [0, 0.05) is 23.6 Å². The third-order valence-corrected chi connectivity index (χ3v) is 3.18. The van der Waals surface area contributed by atoms with Gasteiger partial charge in [-0.05, 0) is 6.92 Å². The Bertz CT molecular complexity index is 561. The van der Waals surface area contributed by atoms with Crippen LogP contribution in [0.3, 0.4) is 0 Å². The van der Waals surface area contributed by atoms with Crippen LogP contribution in [-0.4, -0.2) is 15.0 Å². The van der Waals surface area contributed by atoms with Crippen molar-refractivity contribution in [1.82, 2.24) is 15.0 Å². The number of nitrogens with one attached hydrogen (secondary N) is 2. The molecule has 0 aliphatic rings. The number of hydrogen-bond acceptors (Lipinski definition) is 5. The summed E-state index contributed by atoms with van der Waals surface area (Å²) in [5.41, 5.74) is 0.884. The lowest BCUT2D eigenvalue weighted by molar-refractivity contribution is 0.913. The van der Waals surface area contributed by atoms with Crippen LogP contribution in [0.5, 0.6) is 0 Å². The van der Waals surface area contributed by atoms with Crippen molar-refractivity contribution in [3.05, 3.63) is 38.3 Å². The summed E-state index contributed by atoms with van der Waals surface area (Å²) < 4.78 is 0. The maximum Gasteiger partial charge on any atom is 0.252 e. The first-order valence-electron chi connectivity index (χ1n) is 5.42. The Labute approximate surface area is 103 Å². The quantitative estimate of drug-likeness (QED) is 0.866. The second kappa shape index (κ2) is 5.09. The molecule has 0 amide bonds. The molecule has 17 heavy (non-hydrogen) atoms. The van der Waals surface area contributed by atoms with E-state index in [9.17, 15) is 4.79 Å². The fourth-order valence-corrected chi connectivity index (χ4v) is 2.13.